The number of amides is 2. The number of methoxy groups -OCH3 is 1. The molecule has 0 aliphatic carbocycles. The average molecular weight is 376 g/mol. The summed E-state index contributed by atoms with van der Waals surface area (Å²) in [5.74, 6) is -0.717. The molecule has 0 radical (unpaired) electrons. The number of rotatable bonds is 5. The third-order valence-electron chi connectivity index (χ3n) is 3.26. The monoisotopic (exact) mass is 375 g/mol. The van der Waals surface area contributed by atoms with Gasteiger partial charge in [0, 0.05) is 23.3 Å². The van der Waals surface area contributed by atoms with Crippen LogP contribution < -0.4 is 15.6 Å². The van der Waals surface area contributed by atoms with E-state index >= 15 is 0 Å². The Bertz CT molecular complexity index is 882. The number of nitrogens with one attached hydrogen (secondary N) is 2. The molecule has 2 aromatic carbocycles. The van der Waals surface area contributed by atoms with E-state index in [9.17, 15) is 19.7 Å². The maximum absolute atomic E-state index is 12.0. The van der Waals surface area contributed by atoms with Crippen LogP contribution in [0.25, 0.3) is 6.08 Å². The Hall–Kier alpha value is -3.39. The van der Waals surface area contributed by atoms with Gasteiger partial charge in [-0.25, -0.2) is 0 Å². The first-order chi connectivity index (χ1) is 12.4. The van der Waals surface area contributed by atoms with Gasteiger partial charge in [0.05, 0.1) is 12.0 Å². The van der Waals surface area contributed by atoms with Crippen LogP contribution in [0.2, 0.25) is 5.02 Å². The maximum atomic E-state index is 12.0. The molecule has 2 aromatic rings. The van der Waals surface area contributed by atoms with Gasteiger partial charge in [0.1, 0.15) is 10.8 Å². The molecule has 0 bridgehead atoms. The number of nitro benzene ring substituents is 1. The second kappa shape index (κ2) is 8.63. The number of carbonyl (C=O) groups excluding carboxylic acids is 2. The standard InChI is InChI=1S/C17H14ClN3O5/c1-26-15-5-3-2-4-11(15)7-9-16(22)19-20-17(23)12-6-8-13(18)14(10-12)21(24)25/h2-10H,1H3,(H,19,22)(H,20,23). The predicted molar refractivity (Wildman–Crippen MR) is 95.7 cm³/mol. The number of para-hydroxylation sites is 1. The zero-order valence-corrected chi connectivity index (χ0v) is 14.3. The molecular formula is C17H14ClN3O5. The first-order valence-electron chi connectivity index (χ1n) is 7.27. The first kappa shape index (κ1) is 18.9. The first-order valence-corrected chi connectivity index (χ1v) is 7.65. The van der Waals surface area contributed by atoms with Crippen molar-refractivity contribution in [2.24, 2.45) is 0 Å². The summed E-state index contributed by atoms with van der Waals surface area (Å²) < 4.78 is 5.16. The Labute approximate surface area is 153 Å². The highest BCUT2D eigenvalue weighted by atomic mass is 35.5. The third kappa shape index (κ3) is 4.81. The Morgan fingerprint density at radius 1 is 1.19 bits per heavy atom. The number of nitrogens with zero attached hydrogens (tertiary/aromatic N) is 1. The summed E-state index contributed by atoms with van der Waals surface area (Å²) in [5, 5.41) is 10.7. The summed E-state index contributed by atoms with van der Waals surface area (Å²) in [5.41, 5.74) is 4.61. The molecule has 0 aromatic heterocycles. The molecule has 8 nitrogen and oxygen atoms in total. The molecule has 9 heteroatoms. The highest BCUT2D eigenvalue weighted by molar-refractivity contribution is 6.32. The van der Waals surface area contributed by atoms with Gasteiger partial charge in [-0.05, 0) is 24.3 Å². The fraction of sp³-hybridized carbons (Fsp3) is 0.0588. The van der Waals surface area contributed by atoms with Gasteiger partial charge in [-0.3, -0.25) is 30.6 Å². The number of nitro groups is 1. The van der Waals surface area contributed by atoms with Crippen LogP contribution >= 0.6 is 11.6 Å². The zero-order chi connectivity index (χ0) is 19.1. The lowest BCUT2D eigenvalue weighted by atomic mass is 10.2. The van der Waals surface area contributed by atoms with Gasteiger partial charge < -0.3 is 4.74 Å². The molecule has 2 N–H and O–H groups in total. The second-order valence-corrected chi connectivity index (χ2v) is 5.35. The van der Waals surface area contributed by atoms with Gasteiger partial charge in [-0.1, -0.05) is 29.8 Å². The normalized spacial score (nSPS) is 10.4. The predicted octanol–water partition coefficient (Wildman–Crippen LogP) is 2.73. The molecule has 0 saturated heterocycles. The van der Waals surface area contributed by atoms with Gasteiger partial charge in [-0.15, -0.1) is 0 Å². The smallest absolute Gasteiger partial charge is 0.288 e. The number of benzene rings is 2. The molecule has 0 aliphatic rings. The van der Waals surface area contributed by atoms with E-state index in [0.717, 1.165) is 6.07 Å². The lowest BCUT2D eigenvalue weighted by molar-refractivity contribution is -0.384. The van der Waals surface area contributed by atoms with Crippen LogP contribution in [0.1, 0.15) is 15.9 Å². The van der Waals surface area contributed by atoms with E-state index in [2.05, 4.69) is 10.9 Å². The lowest BCUT2D eigenvalue weighted by Crippen LogP contribution is -2.40. The minimum absolute atomic E-state index is 0.0184. The van der Waals surface area contributed by atoms with Crippen molar-refractivity contribution >= 4 is 35.2 Å². The van der Waals surface area contributed by atoms with Gasteiger partial charge in [0.2, 0.25) is 0 Å². The fourth-order valence-electron chi connectivity index (χ4n) is 2.00. The van der Waals surface area contributed by atoms with E-state index in [0.29, 0.717) is 11.3 Å². The van der Waals surface area contributed by atoms with Crippen molar-refractivity contribution in [2.75, 3.05) is 7.11 Å². The summed E-state index contributed by atoms with van der Waals surface area (Å²) in [6, 6.07) is 10.6. The molecule has 134 valence electrons. The molecule has 0 saturated carbocycles. The Kier molecular flexibility index (Phi) is 6.29. The van der Waals surface area contributed by atoms with E-state index in [1.807, 2.05) is 0 Å². The zero-order valence-electron chi connectivity index (χ0n) is 13.6. The van der Waals surface area contributed by atoms with E-state index in [4.69, 9.17) is 16.3 Å². The summed E-state index contributed by atoms with van der Waals surface area (Å²) in [4.78, 5) is 33.9. The fourth-order valence-corrected chi connectivity index (χ4v) is 2.18. The largest absolute Gasteiger partial charge is 0.496 e. The SMILES string of the molecule is COc1ccccc1C=CC(=O)NNC(=O)c1ccc(Cl)c([N+](=O)[O-])c1. The van der Waals surface area contributed by atoms with E-state index in [1.54, 1.807) is 24.3 Å². The van der Waals surface area contributed by atoms with Gasteiger partial charge in [-0.2, -0.15) is 0 Å². The van der Waals surface area contributed by atoms with Crippen LogP contribution in [0.5, 0.6) is 5.75 Å². The molecule has 0 unspecified atom stereocenters. The summed E-state index contributed by atoms with van der Waals surface area (Å²) in [7, 11) is 1.51. The molecule has 2 amide bonds. The quantitative estimate of drug-likeness (QED) is 0.474. The lowest BCUT2D eigenvalue weighted by Gasteiger charge is -2.06. The van der Waals surface area contributed by atoms with Gasteiger partial charge in [0.15, 0.2) is 0 Å². The number of hydrogen-bond acceptors (Lipinski definition) is 5. The summed E-state index contributed by atoms with van der Waals surface area (Å²) in [6.07, 6.45) is 2.73. The van der Waals surface area contributed by atoms with Crippen molar-refractivity contribution in [3.8, 4) is 5.75 Å². The molecule has 2 rings (SSSR count). The van der Waals surface area contributed by atoms with Crippen molar-refractivity contribution in [2.45, 2.75) is 0 Å². The van der Waals surface area contributed by atoms with Crippen LogP contribution in [0.3, 0.4) is 0 Å². The molecule has 26 heavy (non-hydrogen) atoms. The number of halogens is 1. The van der Waals surface area contributed by atoms with Crippen LogP contribution in [0, 0.1) is 10.1 Å². The van der Waals surface area contributed by atoms with Crippen LogP contribution in [-0.2, 0) is 4.79 Å². The van der Waals surface area contributed by atoms with Crippen LogP contribution in [0.15, 0.2) is 48.5 Å². The summed E-state index contributed by atoms with van der Waals surface area (Å²) in [6.45, 7) is 0. The van der Waals surface area contributed by atoms with Crippen molar-refractivity contribution in [3.05, 3.63) is 74.8 Å². The Morgan fingerprint density at radius 2 is 1.92 bits per heavy atom. The number of hydrazine groups is 1. The van der Waals surface area contributed by atoms with Crippen LogP contribution in [0.4, 0.5) is 5.69 Å². The third-order valence-corrected chi connectivity index (χ3v) is 3.58. The molecule has 0 aliphatic heterocycles. The molecular weight excluding hydrogens is 362 g/mol. The van der Waals surface area contributed by atoms with Crippen molar-refractivity contribution in [1.82, 2.24) is 10.9 Å². The van der Waals surface area contributed by atoms with Crippen molar-refractivity contribution in [3.63, 3.8) is 0 Å². The van der Waals surface area contributed by atoms with E-state index in [-0.39, 0.29) is 10.6 Å². The second-order valence-electron chi connectivity index (χ2n) is 4.94. The summed E-state index contributed by atoms with van der Waals surface area (Å²) >= 11 is 5.69. The molecule has 0 spiro atoms. The van der Waals surface area contributed by atoms with Crippen LogP contribution in [-0.4, -0.2) is 23.8 Å². The average Bonchev–Trinajstić information content (AvgIpc) is 2.64. The number of ether oxygens (including phenoxy) is 1. The molecule has 0 heterocycles. The maximum Gasteiger partial charge on any atom is 0.288 e. The minimum atomic E-state index is -0.719. The Balaban J connectivity index is 1.99. The van der Waals surface area contributed by atoms with E-state index < -0.39 is 22.4 Å². The minimum Gasteiger partial charge on any atom is -0.496 e. The van der Waals surface area contributed by atoms with Crippen molar-refractivity contribution < 1.29 is 19.2 Å². The number of carbonyl (C=O) groups is 2. The highest BCUT2D eigenvalue weighted by Gasteiger charge is 2.16. The highest BCUT2D eigenvalue weighted by Crippen LogP contribution is 2.24. The van der Waals surface area contributed by atoms with E-state index in [1.165, 1.54) is 31.4 Å². The topological polar surface area (TPSA) is 111 Å². The van der Waals surface area contributed by atoms with Gasteiger partial charge >= 0.3 is 0 Å². The van der Waals surface area contributed by atoms with Crippen molar-refractivity contribution in [1.29, 1.82) is 0 Å². The molecule has 0 fully saturated rings. The van der Waals surface area contributed by atoms with Gasteiger partial charge in [0.25, 0.3) is 17.5 Å². The number of hydrogen-bond donors (Lipinski definition) is 2. The molecule has 0 atom stereocenters. The Morgan fingerprint density at radius 3 is 2.62 bits per heavy atom.